The molecule has 0 saturated heterocycles. The normalized spacial score (nSPS) is 11.0. The van der Waals surface area contributed by atoms with Crippen molar-refractivity contribution in [3.8, 4) is 5.75 Å². The fourth-order valence-electron chi connectivity index (χ4n) is 3.02. The van der Waals surface area contributed by atoms with Crippen molar-refractivity contribution >= 4 is 24.0 Å². The minimum absolute atomic E-state index is 0.00781. The second-order valence-corrected chi connectivity index (χ2v) is 7.54. The van der Waals surface area contributed by atoms with Crippen LogP contribution in [0.25, 0.3) is 0 Å². The van der Waals surface area contributed by atoms with Crippen molar-refractivity contribution in [2.75, 3.05) is 6.61 Å². The van der Waals surface area contributed by atoms with Gasteiger partial charge >= 0.3 is 24.0 Å². The van der Waals surface area contributed by atoms with E-state index in [0.717, 1.165) is 11.1 Å². The van der Waals surface area contributed by atoms with E-state index in [1.54, 1.807) is 60.7 Å². The van der Waals surface area contributed by atoms with E-state index in [2.05, 4.69) is 5.32 Å². The molecule has 0 saturated carbocycles. The zero-order valence-electron chi connectivity index (χ0n) is 19.5. The van der Waals surface area contributed by atoms with Gasteiger partial charge in [-0.2, -0.15) is 0 Å². The number of esters is 3. The number of para-hydroxylation sites is 1. The maximum absolute atomic E-state index is 12.7. The number of amides is 1. The first-order chi connectivity index (χ1) is 17.4. The van der Waals surface area contributed by atoms with Crippen LogP contribution in [0, 0.1) is 0 Å². The third-order valence-electron chi connectivity index (χ3n) is 4.76. The highest BCUT2D eigenvalue weighted by Gasteiger charge is 2.26. The third-order valence-corrected chi connectivity index (χ3v) is 4.76. The fraction of sp³-hybridized carbons (Fsp3) is 0.185. The van der Waals surface area contributed by atoms with Crippen LogP contribution in [0.15, 0.2) is 84.9 Å². The minimum Gasteiger partial charge on any atom is -0.459 e. The Morgan fingerprint density at radius 3 is 1.89 bits per heavy atom. The molecular weight excluding hydrogens is 466 g/mol. The Hall–Kier alpha value is -4.66. The first-order valence-corrected chi connectivity index (χ1v) is 11.0. The summed E-state index contributed by atoms with van der Waals surface area (Å²) in [5.74, 6) is -2.28. The lowest BCUT2D eigenvalue weighted by Crippen LogP contribution is -2.45. The van der Waals surface area contributed by atoms with Gasteiger partial charge in [0.25, 0.3) is 0 Å². The molecule has 36 heavy (non-hydrogen) atoms. The largest absolute Gasteiger partial charge is 0.459 e. The van der Waals surface area contributed by atoms with Gasteiger partial charge in [0.05, 0.1) is 0 Å². The standard InChI is InChI=1S/C27H25NO8/c1-19(29)36-24-15-9-8-14-22(24)25(30)34-18-23(26(31)33-16-20-10-4-2-5-11-20)28-27(32)35-17-21-12-6-3-7-13-21/h2-15,23H,16-18H2,1H3,(H,28,32). The van der Waals surface area contributed by atoms with Gasteiger partial charge in [-0.25, -0.2) is 14.4 Å². The van der Waals surface area contributed by atoms with Crippen LogP contribution in [0.3, 0.4) is 0 Å². The Morgan fingerprint density at radius 2 is 1.28 bits per heavy atom. The zero-order valence-corrected chi connectivity index (χ0v) is 19.5. The lowest BCUT2D eigenvalue weighted by Gasteiger charge is -2.18. The summed E-state index contributed by atoms with van der Waals surface area (Å²) in [7, 11) is 0. The molecule has 9 nitrogen and oxygen atoms in total. The van der Waals surface area contributed by atoms with Gasteiger partial charge in [0.2, 0.25) is 0 Å². The predicted octanol–water partition coefficient (Wildman–Crippen LogP) is 3.81. The number of hydrogen-bond donors (Lipinski definition) is 1. The molecular formula is C27H25NO8. The number of benzene rings is 3. The maximum Gasteiger partial charge on any atom is 0.408 e. The highest BCUT2D eigenvalue weighted by Crippen LogP contribution is 2.19. The van der Waals surface area contributed by atoms with E-state index in [4.69, 9.17) is 18.9 Å². The van der Waals surface area contributed by atoms with Crippen LogP contribution in [0.1, 0.15) is 28.4 Å². The van der Waals surface area contributed by atoms with Gasteiger partial charge in [-0.3, -0.25) is 4.79 Å². The quantitative estimate of drug-likeness (QED) is 0.259. The van der Waals surface area contributed by atoms with Gasteiger partial charge in [0.1, 0.15) is 31.1 Å². The molecule has 0 aliphatic carbocycles. The Morgan fingerprint density at radius 1 is 0.722 bits per heavy atom. The zero-order chi connectivity index (χ0) is 25.8. The first-order valence-electron chi connectivity index (χ1n) is 11.0. The smallest absolute Gasteiger partial charge is 0.408 e. The van der Waals surface area contributed by atoms with E-state index < -0.39 is 36.6 Å². The van der Waals surface area contributed by atoms with Crippen LogP contribution in [0.4, 0.5) is 4.79 Å². The molecule has 0 spiro atoms. The Balaban J connectivity index is 1.65. The van der Waals surface area contributed by atoms with Crippen molar-refractivity contribution in [2.24, 2.45) is 0 Å². The second-order valence-electron chi connectivity index (χ2n) is 7.54. The summed E-state index contributed by atoms with van der Waals surface area (Å²) in [4.78, 5) is 49.1. The van der Waals surface area contributed by atoms with Gasteiger partial charge in [-0.05, 0) is 23.3 Å². The minimum atomic E-state index is -1.35. The van der Waals surface area contributed by atoms with E-state index in [-0.39, 0.29) is 24.5 Å². The lowest BCUT2D eigenvalue weighted by molar-refractivity contribution is -0.148. The van der Waals surface area contributed by atoms with E-state index in [9.17, 15) is 19.2 Å². The molecule has 1 N–H and O–H groups in total. The van der Waals surface area contributed by atoms with Gasteiger partial charge in [0, 0.05) is 6.92 Å². The predicted molar refractivity (Wildman–Crippen MR) is 128 cm³/mol. The van der Waals surface area contributed by atoms with Crippen molar-refractivity contribution in [1.82, 2.24) is 5.32 Å². The molecule has 9 heteroatoms. The van der Waals surface area contributed by atoms with Gasteiger partial charge in [-0.1, -0.05) is 72.8 Å². The van der Waals surface area contributed by atoms with Crippen LogP contribution in [-0.4, -0.2) is 36.6 Å². The van der Waals surface area contributed by atoms with Crippen molar-refractivity contribution < 1.29 is 38.1 Å². The maximum atomic E-state index is 12.7. The van der Waals surface area contributed by atoms with Gasteiger partial charge in [0.15, 0.2) is 6.04 Å². The number of alkyl carbamates (subject to hydrolysis) is 1. The van der Waals surface area contributed by atoms with Crippen LogP contribution in [-0.2, 0) is 37.0 Å². The lowest BCUT2D eigenvalue weighted by atomic mass is 10.2. The molecule has 0 aliphatic heterocycles. The molecule has 186 valence electrons. The van der Waals surface area contributed by atoms with E-state index in [0.29, 0.717) is 0 Å². The molecule has 1 atom stereocenters. The molecule has 1 amide bonds. The number of carbonyl (C=O) groups excluding carboxylic acids is 4. The molecule has 3 aromatic carbocycles. The fourth-order valence-corrected chi connectivity index (χ4v) is 3.02. The number of ether oxygens (including phenoxy) is 4. The number of rotatable bonds is 10. The third kappa shape index (κ3) is 8.28. The number of carbonyl (C=O) groups is 4. The van der Waals surface area contributed by atoms with Crippen LogP contribution in [0.5, 0.6) is 5.75 Å². The van der Waals surface area contributed by atoms with E-state index in [1.807, 2.05) is 12.1 Å². The van der Waals surface area contributed by atoms with Gasteiger partial charge in [-0.15, -0.1) is 0 Å². The van der Waals surface area contributed by atoms with E-state index in [1.165, 1.54) is 19.1 Å². The summed E-state index contributed by atoms with van der Waals surface area (Å²) >= 11 is 0. The molecule has 3 rings (SSSR count). The molecule has 0 fully saturated rings. The van der Waals surface area contributed by atoms with Crippen molar-refractivity contribution in [2.45, 2.75) is 26.2 Å². The number of hydrogen-bond acceptors (Lipinski definition) is 8. The average molecular weight is 491 g/mol. The van der Waals surface area contributed by atoms with Crippen LogP contribution < -0.4 is 10.1 Å². The summed E-state index contributed by atoms with van der Waals surface area (Å²) < 4.78 is 20.7. The SMILES string of the molecule is CC(=O)Oc1ccccc1C(=O)OCC(NC(=O)OCc1ccccc1)C(=O)OCc1ccccc1. The first kappa shape index (κ1) is 26.0. The number of nitrogens with one attached hydrogen (secondary N) is 1. The monoisotopic (exact) mass is 491 g/mol. The molecule has 3 aromatic rings. The van der Waals surface area contributed by atoms with Crippen molar-refractivity contribution in [3.63, 3.8) is 0 Å². The van der Waals surface area contributed by atoms with Gasteiger partial charge < -0.3 is 24.3 Å². The summed E-state index contributed by atoms with van der Waals surface area (Å²) in [6.45, 7) is 0.599. The summed E-state index contributed by atoms with van der Waals surface area (Å²) in [6, 6.07) is 22.6. The van der Waals surface area contributed by atoms with Crippen molar-refractivity contribution in [1.29, 1.82) is 0 Å². The van der Waals surface area contributed by atoms with Crippen LogP contribution >= 0.6 is 0 Å². The van der Waals surface area contributed by atoms with Crippen LogP contribution in [0.2, 0.25) is 0 Å². The Bertz CT molecular complexity index is 1180. The Labute approximate surface area is 207 Å². The summed E-state index contributed by atoms with van der Waals surface area (Å²) in [5, 5.41) is 2.38. The molecule has 0 heterocycles. The topological polar surface area (TPSA) is 117 Å². The molecule has 0 bridgehead atoms. The highest BCUT2D eigenvalue weighted by molar-refractivity contribution is 5.93. The van der Waals surface area contributed by atoms with Crippen molar-refractivity contribution in [3.05, 3.63) is 102 Å². The average Bonchev–Trinajstić information content (AvgIpc) is 2.89. The Kier molecular flexibility index (Phi) is 9.58. The molecule has 0 aliphatic rings. The summed E-state index contributed by atoms with van der Waals surface area (Å²) in [6.07, 6.45) is -0.892. The second kappa shape index (κ2) is 13.3. The molecule has 0 aromatic heterocycles. The molecule has 1 unspecified atom stereocenters. The van der Waals surface area contributed by atoms with E-state index >= 15 is 0 Å². The highest BCUT2D eigenvalue weighted by atomic mass is 16.6. The molecule has 0 radical (unpaired) electrons. The summed E-state index contributed by atoms with van der Waals surface area (Å²) in [5.41, 5.74) is 1.48.